The highest BCUT2D eigenvalue weighted by molar-refractivity contribution is 6.23. The molecule has 18 heavy (non-hydrogen) atoms. The summed E-state index contributed by atoms with van der Waals surface area (Å²) in [5.74, 6) is -1.59. The number of carbonyl (C=O) groups is 2. The standard InChI is InChI=1S/C14H15FO3/c1-9(2)18-14(17)8-12(10(3)16)11-6-4-5-7-13(11)15/h4-9H,1-3H3. The van der Waals surface area contributed by atoms with E-state index >= 15 is 0 Å². The summed E-state index contributed by atoms with van der Waals surface area (Å²) in [6.07, 6.45) is 0.739. The first-order valence-electron chi connectivity index (χ1n) is 5.60. The number of hydrogen-bond acceptors (Lipinski definition) is 3. The lowest BCUT2D eigenvalue weighted by atomic mass is 10.0. The molecule has 0 unspecified atom stereocenters. The van der Waals surface area contributed by atoms with Gasteiger partial charge in [-0.05, 0) is 26.8 Å². The van der Waals surface area contributed by atoms with E-state index in [-0.39, 0.29) is 23.0 Å². The van der Waals surface area contributed by atoms with Gasteiger partial charge < -0.3 is 4.74 Å². The summed E-state index contributed by atoms with van der Waals surface area (Å²) < 4.78 is 18.5. The van der Waals surface area contributed by atoms with Crippen LogP contribution in [0.2, 0.25) is 0 Å². The molecule has 0 aliphatic heterocycles. The van der Waals surface area contributed by atoms with E-state index in [4.69, 9.17) is 4.74 Å². The Bertz CT molecular complexity index is 490. The van der Waals surface area contributed by atoms with Gasteiger partial charge in [-0.3, -0.25) is 4.79 Å². The van der Waals surface area contributed by atoms with Gasteiger partial charge in [0.25, 0.3) is 0 Å². The molecule has 1 aromatic carbocycles. The second-order valence-electron chi connectivity index (χ2n) is 4.08. The van der Waals surface area contributed by atoms with Crippen LogP contribution in [0.15, 0.2) is 30.3 Å². The van der Waals surface area contributed by atoms with Crippen molar-refractivity contribution in [2.75, 3.05) is 0 Å². The van der Waals surface area contributed by atoms with Gasteiger partial charge >= 0.3 is 5.97 Å². The van der Waals surface area contributed by atoms with Crippen LogP contribution in [-0.4, -0.2) is 17.9 Å². The van der Waals surface area contributed by atoms with Crippen LogP contribution in [0.5, 0.6) is 0 Å². The molecule has 0 aromatic heterocycles. The molecule has 0 fully saturated rings. The van der Waals surface area contributed by atoms with Crippen molar-refractivity contribution in [1.82, 2.24) is 0 Å². The Balaban J connectivity index is 3.12. The van der Waals surface area contributed by atoms with Crippen molar-refractivity contribution in [1.29, 1.82) is 0 Å². The highest BCUT2D eigenvalue weighted by Gasteiger charge is 2.14. The molecule has 0 atom stereocenters. The zero-order valence-corrected chi connectivity index (χ0v) is 10.6. The Kier molecular flexibility index (Phi) is 4.77. The first-order chi connectivity index (χ1) is 8.41. The minimum Gasteiger partial charge on any atom is -0.460 e. The first-order valence-corrected chi connectivity index (χ1v) is 5.60. The number of rotatable bonds is 4. The monoisotopic (exact) mass is 250 g/mol. The minimum absolute atomic E-state index is 0.0127. The third-order valence-electron chi connectivity index (χ3n) is 2.16. The number of hydrogen-bond donors (Lipinski definition) is 0. The fourth-order valence-electron chi connectivity index (χ4n) is 1.43. The number of esters is 1. The van der Waals surface area contributed by atoms with E-state index in [1.807, 2.05) is 0 Å². The lowest BCUT2D eigenvalue weighted by Crippen LogP contribution is -2.11. The topological polar surface area (TPSA) is 43.4 Å². The molecule has 0 heterocycles. The van der Waals surface area contributed by atoms with Gasteiger partial charge in [0.05, 0.1) is 6.10 Å². The lowest BCUT2D eigenvalue weighted by molar-refractivity contribution is -0.141. The van der Waals surface area contributed by atoms with Crippen molar-refractivity contribution in [3.63, 3.8) is 0 Å². The van der Waals surface area contributed by atoms with Gasteiger partial charge in [0.15, 0.2) is 5.78 Å². The minimum atomic E-state index is -0.654. The molecule has 0 bridgehead atoms. The molecule has 96 valence electrons. The summed E-state index contributed by atoms with van der Waals surface area (Å²) in [6, 6.07) is 5.80. The van der Waals surface area contributed by atoms with Gasteiger partial charge in [0, 0.05) is 17.2 Å². The van der Waals surface area contributed by atoms with E-state index in [1.165, 1.54) is 25.1 Å². The zero-order valence-electron chi connectivity index (χ0n) is 10.6. The summed E-state index contributed by atoms with van der Waals surface area (Å²) >= 11 is 0. The van der Waals surface area contributed by atoms with Gasteiger partial charge in [-0.1, -0.05) is 18.2 Å². The van der Waals surface area contributed by atoms with Gasteiger partial charge in [0.2, 0.25) is 0 Å². The fourth-order valence-corrected chi connectivity index (χ4v) is 1.43. The number of benzene rings is 1. The Morgan fingerprint density at radius 3 is 2.39 bits per heavy atom. The van der Waals surface area contributed by atoms with Gasteiger partial charge in [-0.2, -0.15) is 0 Å². The molecule has 0 amide bonds. The van der Waals surface area contributed by atoms with E-state index in [0.717, 1.165) is 6.08 Å². The van der Waals surface area contributed by atoms with E-state index in [1.54, 1.807) is 19.9 Å². The van der Waals surface area contributed by atoms with Crippen LogP contribution < -0.4 is 0 Å². The molecule has 0 spiro atoms. The van der Waals surface area contributed by atoms with Crippen LogP contribution in [0, 0.1) is 5.82 Å². The molecule has 1 rings (SSSR count). The van der Waals surface area contributed by atoms with E-state index in [2.05, 4.69) is 0 Å². The van der Waals surface area contributed by atoms with Gasteiger partial charge in [-0.25, -0.2) is 9.18 Å². The van der Waals surface area contributed by atoms with Crippen LogP contribution in [-0.2, 0) is 14.3 Å². The maximum absolute atomic E-state index is 13.6. The first kappa shape index (κ1) is 14.1. The molecule has 0 aliphatic carbocycles. The maximum atomic E-state index is 13.6. The van der Waals surface area contributed by atoms with Crippen LogP contribution in [0.3, 0.4) is 0 Å². The molecule has 1 aromatic rings. The quantitative estimate of drug-likeness (QED) is 0.609. The normalized spacial score (nSPS) is 11.5. The number of carbonyl (C=O) groups excluding carboxylic acids is 2. The Labute approximate surface area is 105 Å². The zero-order chi connectivity index (χ0) is 13.7. The molecule has 0 radical (unpaired) electrons. The molecule has 0 N–H and O–H groups in total. The summed E-state index contributed by atoms with van der Waals surface area (Å²) in [7, 11) is 0. The molecule has 3 nitrogen and oxygen atoms in total. The SMILES string of the molecule is CC(=O)C(=CC(=O)OC(C)C)c1ccccc1F. The average molecular weight is 250 g/mol. The van der Waals surface area contributed by atoms with Crippen molar-refractivity contribution in [2.45, 2.75) is 26.9 Å². The Morgan fingerprint density at radius 1 is 1.28 bits per heavy atom. The predicted molar refractivity (Wildman–Crippen MR) is 66.3 cm³/mol. The number of ether oxygens (including phenoxy) is 1. The molecule has 4 heteroatoms. The third kappa shape index (κ3) is 3.80. The van der Waals surface area contributed by atoms with Gasteiger partial charge in [0.1, 0.15) is 5.82 Å². The van der Waals surface area contributed by atoms with E-state index in [0.29, 0.717) is 0 Å². The maximum Gasteiger partial charge on any atom is 0.331 e. The molecular formula is C14H15FO3. The molecular weight excluding hydrogens is 235 g/mol. The summed E-state index contributed by atoms with van der Waals surface area (Å²) in [4.78, 5) is 23.0. The number of ketones is 1. The number of allylic oxidation sites excluding steroid dienone is 1. The fraction of sp³-hybridized carbons (Fsp3) is 0.286. The van der Waals surface area contributed by atoms with Crippen molar-refractivity contribution >= 4 is 17.3 Å². The van der Waals surface area contributed by atoms with E-state index in [9.17, 15) is 14.0 Å². The smallest absolute Gasteiger partial charge is 0.331 e. The van der Waals surface area contributed by atoms with Crippen LogP contribution in [0.1, 0.15) is 26.3 Å². The van der Waals surface area contributed by atoms with Crippen LogP contribution in [0.25, 0.3) is 5.57 Å². The second-order valence-corrected chi connectivity index (χ2v) is 4.08. The highest BCUT2D eigenvalue weighted by Crippen LogP contribution is 2.19. The predicted octanol–water partition coefficient (Wildman–Crippen LogP) is 2.75. The van der Waals surface area contributed by atoms with Crippen LogP contribution in [0.4, 0.5) is 4.39 Å². The van der Waals surface area contributed by atoms with E-state index < -0.39 is 11.8 Å². The molecule has 0 saturated heterocycles. The summed E-state index contributed by atoms with van der Waals surface area (Å²) in [6.45, 7) is 4.67. The Morgan fingerprint density at radius 2 is 1.89 bits per heavy atom. The van der Waals surface area contributed by atoms with Crippen molar-refractivity contribution in [3.8, 4) is 0 Å². The summed E-state index contributed by atoms with van der Waals surface area (Å²) in [5.41, 5.74) is 0.115. The number of Topliss-reactive ketones (excluding diaryl/α,β-unsaturated/α-hetero) is 1. The van der Waals surface area contributed by atoms with Crippen molar-refractivity contribution in [3.05, 3.63) is 41.7 Å². The lowest BCUT2D eigenvalue weighted by Gasteiger charge is -2.08. The average Bonchev–Trinajstić information content (AvgIpc) is 2.25. The number of halogens is 1. The second kappa shape index (κ2) is 6.10. The molecule has 0 aliphatic rings. The summed E-state index contributed by atoms with van der Waals surface area (Å²) in [5, 5.41) is 0. The molecule has 0 saturated carbocycles. The third-order valence-corrected chi connectivity index (χ3v) is 2.16. The van der Waals surface area contributed by atoms with Gasteiger partial charge in [-0.15, -0.1) is 0 Å². The highest BCUT2D eigenvalue weighted by atomic mass is 19.1. The van der Waals surface area contributed by atoms with Crippen LogP contribution >= 0.6 is 0 Å². The largest absolute Gasteiger partial charge is 0.460 e. The Hall–Kier alpha value is -1.97. The van der Waals surface area contributed by atoms with Crippen molar-refractivity contribution < 1.29 is 18.7 Å². The van der Waals surface area contributed by atoms with Crippen molar-refractivity contribution in [2.24, 2.45) is 0 Å².